The Balaban J connectivity index is 2.27. The van der Waals surface area contributed by atoms with Gasteiger partial charge in [0.2, 0.25) is 0 Å². The molecule has 1 aliphatic heterocycles. The van der Waals surface area contributed by atoms with E-state index in [-0.39, 0.29) is 20.8 Å². The molecule has 1 fully saturated rings. The summed E-state index contributed by atoms with van der Waals surface area (Å²) in [6, 6.07) is -3.37. The van der Waals surface area contributed by atoms with E-state index in [1.807, 2.05) is 0 Å². The number of hydrogen-bond acceptors (Lipinski definition) is 11. The summed E-state index contributed by atoms with van der Waals surface area (Å²) in [5.74, 6) is -3.37. The fourth-order valence-electron chi connectivity index (χ4n) is 2.11. The summed E-state index contributed by atoms with van der Waals surface area (Å²) < 4.78 is 35.8. The van der Waals surface area contributed by atoms with Gasteiger partial charge in [-0.1, -0.05) is 5.16 Å². The van der Waals surface area contributed by atoms with Gasteiger partial charge in [-0.2, -0.15) is 12.7 Å². The second-order valence-electron chi connectivity index (χ2n) is 4.72. The first kappa shape index (κ1) is 19.5. The quantitative estimate of drug-likeness (QED) is 0.152. The summed E-state index contributed by atoms with van der Waals surface area (Å²) in [7, 11) is -2.91. The van der Waals surface area contributed by atoms with Crippen molar-refractivity contribution in [2.45, 2.75) is 12.1 Å². The number of thiazole rings is 1. The lowest BCUT2D eigenvalue weighted by Crippen LogP contribution is -2.74. The number of nitrogen functional groups attached to an aromatic ring is 1. The Labute approximate surface area is 150 Å². The molecule has 15 heteroatoms. The Morgan fingerprint density at radius 3 is 2.58 bits per heavy atom. The van der Waals surface area contributed by atoms with E-state index >= 15 is 0 Å². The van der Waals surface area contributed by atoms with Gasteiger partial charge in [-0.15, -0.1) is 11.3 Å². The molecule has 2 heterocycles. The summed E-state index contributed by atoms with van der Waals surface area (Å²) in [5, 5.41) is 7.16. The van der Waals surface area contributed by atoms with Crippen LogP contribution in [0, 0.1) is 0 Å². The number of nitrogens with one attached hydrogen (secondary N) is 1. The van der Waals surface area contributed by atoms with E-state index < -0.39 is 40.2 Å². The van der Waals surface area contributed by atoms with Gasteiger partial charge < -0.3 is 20.6 Å². The Hall–Kier alpha value is -2.78. The minimum Gasteiger partial charge on any atom is -0.467 e. The molecule has 0 unspecified atom stereocenters. The van der Waals surface area contributed by atoms with Crippen LogP contribution in [0.15, 0.2) is 10.5 Å². The van der Waals surface area contributed by atoms with Crippen molar-refractivity contribution in [2.24, 2.45) is 5.16 Å². The molecule has 2 amide bonds. The van der Waals surface area contributed by atoms with Crippen LogP contribution in [0.25, 0.3) is 0 Å². The Kier molecular flexibility index (Phi) is 5.43. The molecule has 0 bridgehead atoms. The largest absolute Gasteiger partial charge is 0.467 e. The van der Waals surface area contributed by atoms with Gasteiger partial charge in [-0.3, -0.25) is 14.1 Å². The van der Waals surface area contributed by atoms with Crippen molar-refractivity contribution in [3.63, 3.8) is 0 Å². The number of carbonyl (C=O) groups excluding carboxylic acids is 3. The average Bonchev–Trinajstić information content (AvgIpc) is 2.98. The highest BCUT2D eigenvalue weighted by atomic mass is 32.2. The highest BCUT2D eigenvalue weighted by molar-refractivity contribution is 7.84. The molecule has 1 aliphatic rings. The van der Waals surface area contributed by atoms with Gasteiger partial charge in [0.05, 0.1) is 7.11 Å². The monoisotopic (exact) mass is 407 g/mol. The van der Waals surface area contributed by atoms with Gasteiger partial charge in [0.1, 0.15) is 18.8 Å². The molecule has 142 valence electrons. The van der Waals surface area contributed by atoms with Crippen molar-refractivity contribution in [3.05, 3.63) is 11.1 Å². The van der Waals surface area contributed by atoms with Gasteiger partial charge in [-0.05, 0) is 0 Å². The predicted molar refractivity (Wildman–Crippen MR) is 86.2 cm³/mol. The number of nitrogens with zero attached hydrogens (tertiary/aromatic N) is 3. The lowest BCUT2D eigenvalue weighted by atomic mass is 9.98. The van der Waals surface area contributed by atoms with Gasteiger partial charge in [0, 0.05) is 5.38 Å². The third kappa shape index (κ3) is 3.58. The first-order chi connectivity index (χ1) is 12.1. The van der Waals surface area contributed by atoms with Crippen LogP contribution in [0.4, 0.5) is 5.13 Å². The van der Waals surface area contributed by atoms with Crippen LogP contribution < -0.4 is 11.1 Å². The highest BCUT2D eigenvalue weighted by Gasteiger charge is 2.58. The van der Waals surface area contributed by atoms with Crippen LogP contribution in [0.1, 0.15) is 5.69 Å². The molecule has 13 nitrogen and oxygen atoms in total. The van der Waals surface area contributed by atoms with Crippen molar-refractivity contribution < 1.29 is 36.9 Å². The zero-order valence-corrected chi connectivity index (χ0v) is 14.9. The lowest BCUT2D eigenvalue weighted by Gasteiger charge is -2.41. The maximum atomic E-state index is 12.4. The molecule has 0 aromatic carbocycles. The minimum atomic E-state index is -5.02. The number of anilines is 1. The molecule has 0 aliphatic carbocycles. The third-order valence-electron chi connectivity index (χ3n) is 3.19. The lowest BCUT2D eigenvalue weighted by molar-refractivity contribution is -0.162. The zero-order chi connectivity index (χ0) is 19.6. The first-order valence-electron chi connectivity index (χ1n) is 6.63. The number of amides is 2. The highest BCUT2D eigenvalue weighted by Crippen LogP contribution is 2.25. The normalized spacial score (nSPS) is 20.3. The predicted octanol–water partition coefficient (Wildman–Crippen LogP) is -2.25. The third-order valence-corrected chi connectivity index (χ3v) is 4.77. The van der Waals surface area contributed by atoms with Gasteiger partial charge in [0.15, 0.2) is 16.9 Å². The van der Waals surface area contributed by atoms with Crippen LogP contribution in [0.3, 0.4) is 0 Å². The standard InChI is InChI=1S/C11H13N5O8S2/c1-23-10(19)7-6(9(18)16(7)26(20,21)22)14-8(17)5(15-24-2)4-3-25-11(12)13-4/h3,6-7H,1-2H3,(H2,12,13)(H,14,17)(H,20,21,22)/b15-5-/t6-,7-/m1/s1. The van der Waals surface area contributed by atoms with Gasteiger partial charge >= 0.3 is 16.3 Å². The van der Waals surface area contributed by atoms with Crippen LogP contribution in [-0.4, -0.2) is 72.1 Å². The number of hydrogen-bond donors (Lipinski definition) is 3. The Morgan fingerprint density at radius 2 is 2.12 bits per heavy atom. The fraction of sp³-hybridized carbons (Fsp3) is 0.364. The average molecular weight is 407 g/mol. The fourth-order valence-corrected chi connectivity index (χ4v) is 3.50. The summed E-state index contributed by atoms with van der Waals surface area (Å²) in [4.78, 5) is 44.5. The molecular formula is C11H13N5O8S2. The number of aromatic nitrogens is 1. The van der Waals surface area contributed by atoms with E-state index in [4.69, 9.17) is 10.3 Å². The van der Waals surface area contributed by atoms with E-state index in [2.05, 4.69) is 25.0 Å². The van der Waals surface area contributed by atoms with Crippen molar-refractivity contribution in [1.29, 1.82) is 0 Å². The number of oxime groups is 1. The topological polar surface area (TPSA) is 191 Å². The molecule has 0 spiro atoms. The van der Waals surface area contributed by atoms with Crippen LogP contribution in [-0.2, 0) is 34.3 Å². The first-order valence-corrected chi connectivity index (χ1v) is 8.91. The van der Waals surface area contributed by atoms with E-state index in [1.165, 1.54) is 5.38 Å². The molecular weight excluding hydrogens is 394 g/mol. The molecule has 1 aromatic heterocycles. The van der Waals surface area contributed by atoms with Crippen LogP contribution in [0.2, 0.25) is 0 Å². The number of β-lactam (4-membered cyclic amide) rings is 1. The summed E-state index contributed by atoms with van der Waals surface area (Å²) >= 11 is 1.02. The van der Waals surface area contributed by atoms with Crippen LogP contribution in [0.5, 0.6) is 0 Å². The maximum Gasteiger partial charge on any atom is 0.363 e. The summed E-state index contributed by atoms with van der Waals surface area (Å²) in [5.41, 5.74) is 5.17. The maximum absolute atomic E-state index is 12.4. The molecule has 2 atom stereocenters. The van der Waals surface area contributed by atoms with E-state index in [9.17, 15) is 22.8 Å². The number of rotatable bonds is 6. The summed E-state index contributed by atoms with van der Waals surface area (Å²) in [6.45, 7) is 0. The molecule has 0 saturated carbocycles. The number of ether oxygens (including phenoxy) is 1. The molecule has 4 N–H and O–H groups in total. The smallest absolute Gasteiger partial charge is 0.363 e. The van der Waals surface area contributed by atoms with E-state index in [0.29, 0.717) is 0 Å². The molecule has 1 saturated heterocycles. The van der Waals surface area contributed by atoms with Crippen LogP contribution >= 0.6 is 11.3 Å². The number of esters is 1. The van der Waals surface area contributed by atoms with Gasteiger partial charge in [-0.25, -0.2) is 9.78 Å². The Morgan fingerprint density at radius 1 is 1.46 bits per heavy atom. The SMILES string of the molecule is CO/N=C(\C(=O)N[C@H]1C(=O)N(S(=O)(=O)O)[C@H]1C(=O)OC)c1csc(N)n1. The minimum absolute atomic E-state index is 0.0416. The van der Waals surface area contributed by atoms with Crippen molar-refractivity contribution >= 4 is 50.3 Å². The van der Waals surface area contributed by atoms with E-state index in [1.54, 1.807) is 0 Å². The van der Waals surface area contributed by atoms with Crippen molar-refractivity contribution in [1.82, 2.24) is 14.6 Å². The molecule has 0 radical (unpaired) electrons. The zero-order valence-electron chi connectivity index (χ0n) is 13.3. The second-order valence-corrected chi connectivity index (χ2v) is 6.90. The molecule has 2 rings (SSSR count). The molecule has 1 aromatic rings. The number of methoxy groups -OCH3 is 1. The summed E-state index contributed by atoms with van der Waals surface area (Å²) in [6.07, 6.45) is 0. The number of nitrogens with two attached hydrogens (primary N) is 1. The second kappa shape index (κ2) is 7.22. The van der Waals surface area contributed by atoms with E-state index in [0.717, 1.165) is 25.6 Å². The van der Waals surface area contributed by atoms with Crippen molar-refractivity contribution in [3.8, 4) is 0 Å². The van der Waals surface area contributed by atoms with Gasteiger partial charge in [0.25, 0.3) is 11.8 Å². The van der Waals surface area contributed by atoms with Crippen molar-refractivity contribution in [2.75, 3.05) is 20.0 Å². The Bertz CT molecular complexity index is 879. The number of carbonyl (C=O) groups is 3. The molecule has 26 heavy (non-hydrogen) atoms.